The van der Waals surface area contributed by atoms with Crippen LogP contribution in [0.15, 0.2) is 48.5 Å². The Balaban J connectivity index is 1.90. The molecular formula is C20H23ClN2O4. The summed E-state index contributed by atoms with van der Waals surface area (Å²) < 4.78 is 10.8. The number of halogens is 1. The molecule has 0 unspecified atom stereocenters. The topological polar surface area (TPSA) is 76.7 Å². The van der Waals surface area contributed by atoms with E-state index in [-0.39, 0.29) is 5.91 Å². The number of carbonyl (C=O) groups is 2. The number of nitrogens with one attached hydrogen (secondary N) is 2. The molecule has 2 rings (SSSR count). The van der Waals surface area contributed by atoms with Crippen LogP contribution in [0.2, 0.25) is 5.02 Å². The van der Waals surface area contributed by atoms with Crippen LogP contribution in [0.1, 0.15) is 27.7 Å². The zero-order chi connectivity index (χ0) is 20.0. The first-order chi connectivity index (χ1) is 12.6. The van der Waals surface area contributed by atoms with Crippen LogP contribution in [0.25, 0.3) is 0 Å². The van der Waals surface area contributed by atoms with E-state index in [1.54, 1.807) is 64.1 Å². The van der Waals surface area contributed by atoms with Gasteiger partial charge in [0.05, 0.1) is 5.02 Å². The zero-order valence-corrected chi connectivity index (χ0v) is 16.5. The maximum Gasteiger partial charge on any atom is 0.408 e. The third kappa shape index (κ3) is 6.83. The highest BCUT2D eigenvalue weighted by Gasteiger charge is 2.21. The number of benzene rings is 2. The maximum absolute atomic E-state index is 12.2. The second kappa shape index (κ2) is 8.77. The van der Waals surface area contributed by atoms with Crippen molar-refractivity contribution in [3.05, 3.63) is 53.6 Å². The van der Waals surface area contributed by atoms with Crippen molar-refractivity contribution in [3.8, 4) is 11.5 Å². The number of hydrogen-bond acceptors (Lipinski definition) is 4. The molecule has 0 saturated carbocycles. The smallest absolute Gasteiger partial charge is 0.408 e. The molecule has 0 bridgehead atoms. The van der Waals surface area contributed by atoms with Gasteiger partial charge >= 0.3 is 6.09 Å². The molecule has 0 aliphatic heterocycles. The quantitative estimate of drug-likeness (QED) is 0.754. The van der Waals surface area contributed by atoms with E-state index >= 15 is 0 Å². The molecule has 2 N–H and O–H groups in total. The van der Waals surface area contributed by atoms with Gasteiger partial charge in [-0.05, 0) is 64.1 Å². The molecular weight excluding hydrogens is 368 g/mol. The van der Waals surface area contributed by atoms with E-state index in [1.165, 1.54) is 0 Å². The monoisotopic (exact) mass is 390 g/mol. The van der Waals surface area contributed by atoms with E-state index in [9.17, 15) is 9.59 Å². The van der Waals surface area contributed by atoms with Gasteiger partial charge < -0.3 is 20.1 Å². The first-order valence-electron chi connectivity index (χ1n) is 8.47. The van der Waals surface area contributed by atoms with Crippen LogP contribution in [-0.2, 0) is 9.53 Å². The Morgan fingerprint density at radius 3 is 2.26 bits per heavy atom. The van der Waals surface area contributed by atoms with Crippen LogP contribution >= 0.6 is 11.6 Å². The van der Waals surface area contributed by atoms with Gasteiger partial charge in [0.2, 0.25) is 5.91 Å². The zero-order valence-electron chi connectivity index (χ0n) is 15.7. The summed E-state index contributed by atoms with van der Waals surface area (Å²) in [5.74, 6) is 0.771. The number of rotatable bonds is 5. The van der Waals surface area contributed by atoms with Crippen molar-refractivity contribution in [1.29, 1.82) is 0 Å². The minimum atomic E-state index is -0.751. The first-order valence-corrected chi connectivity index (χ1v) is 8.85. The van der Waals surface area contributed by atoms with Gasteiger partial charge in [-0.25, -0.2) is 4.79 Å². The normalized spacial score (nSPS) is 12.0. The molecule has 0 radical (unpaired) electrons. The van der Waals surface area contributed by atoms with Gasteiger partial charge in [-0.1, -0.05) is 23.7 Å². The number of alkyl carbamates (subject to hydrolysis) is 1. The predicted molar refractivity (Wildman–Crippen MR) is 105 cm³/mol. The average Bonchev–Trinajstić information content (AvgIpc) is 2.56. The Labute approximate surface area is 163 Å². The summed E-state index contributed by atoms with van der Waals surface area (Å²) in [6.07, 6.45) is -0.645. The van der Waals surface area contributed by atoms with Crippen molar-refractivity contribution in [2.24, 2.45) is 0 Å². The lowest BCUT2D eigenvalue weighted by Crippen LogP contribution is -2.43. The Morgan fingerprint density at radius 1 is 1.04 bits per heavy atom. The Bertz CT molecular complexity index is 800. The molecule has 2 aromatic rings. The molecule has 7 heteroatoms. The lowest BCUT2D eigenvalue weighted by atomic mass is 10.2. The van der Waals surface area contributed by atoms with Crippen LogP contribution in [0.3, 0.4) is 0 Å². The summed E-state index contributed by atoms with van der Waals surface area (Å²) in [6.45, 7) is 6.84. The van der Waals surface area contributed by atoms with Crippen molar-refractivity contribution >= 4 is 29.3 Å². The highest BCUT2D eigenvalue weighted by molar-refractivity contribution is 6.32. The van der Waals surface area contributed by atoms with Crippen molar-refractivity contribution in [2.75, 3.05) is 5.32 Å². The van der Waals surface area contributed by atoms with Gasteiger partial charge in [-0.2, -0.15) is 0 Å². The summed E-state index contributed by atoms with van der Waals surface area (Å²) in [6, 6.07) is 13.2. The van der Waals surface area contributed by atoms with E-state index in [1.807, 2.05) is 12.1 Å². The maximum atomic E-state index is 12.2. The second-order valence-corrected chi connectivity index (χ2v) is 7.32. The van der Waals surface area contributed by atoms with Gasteiger partial charge in [-0.3, -0.25) is 4.79 Å². The van der Waals surface area contributed by atoms with Gasteiger partial charge in [0.25, 0.3) is 0 Å². The van der Waals surface area contributed by atoms with Crippen LogP contribution in [-0.4, -0.2) is 23.6 Å². The molecule has 144 valence electrons. The van der Waals surface area contributed by atoms with E-state index < -0.39 is 17.7 Å². The third-order valence-electron chi connectivity index (χ3n) is 3.31. The summed E-state index contributed by atoms with van der Waals surface area (Å²) >= 11 is 6.06. The molecule has 0 aromatic heterocycles. The Kier molecular flexibility index (Phi) is 6.69. The van der Waals surface area contributed by atoms with Crippen molar-refractivity contribution in [3.63, 3.8) is 0 Å². The van der Waals surface area contributed by atoms with E-state index in [0.29, 0.717) is 22.2 Å². The highest BCUT2D eigenvalue weighted by atomic mass is 35.5. The van der Waals surface area contributed by atoms with Crippen LogP contribution in [0.4, 0.5) is 10.5 Å². The van der Waals surface area contributed by atoms with Crippen LogP contribution < -0.4 is 15.4 Å². The number of hydrogen-bond donors (Lipinski definition) is 2. The molecule has 1 atom stereocenters. The van der Waals surface area contributed by atoms with E-state index in [4.69, 9.17) is 21.1 Å². The molecule has 2 amide bonds. The molecule has 27 heavy (non-hydrogen) atoms. The molecule has 0 aliphatic carbocycles. The van der Waals surface area contributed by atoms with Crippen molar-refractivity contribution in [2.45, 2.75) is 39.3 Å². The molecule has 0 saturated heterocycles. The number of anilines is 1. The fourth-order valence-electron chi connectivity index (χ4n) is 2.06. The molecule has 6 nitrogen and oxygen atoms in total. The SMILES string of the molecule is C[C@H](NC(=O)OC(C)(C)C)C(=O)Nc1ccc(Oc2ccccc2Cl)cc1. The standard InChI is InChI=1S/C20H23ClN2O4/c1-13(22-19(25)27-20(2,3)4)18(24)23-14-9-11-15(12-10-14)26-17-8-6-5-7-16(17)21/h5-13H,1-4H3,(H,22,25)(H,23,24)/t13-/m0/s1. The molecule has 2 aromatic carbocycles. The first kappa shape index (κ1) is 20.6. The average molecular weight is 391 g/mol. The van der Waals surface area contributed by atoms with Gasteiger partial charge in [0, 0.05) is 5.69 Å². The second-order valence-electron chi connectivity index (χ2n) is 6.91. The summed E-state index contributed by atoms with van der Waals surface area (Å²) in [7, 11) is 0. The number of ether oxygens (including phenoxy) is 2. The molecule has 0 aliphatic rings. The highest BCUT2D eigenvalue weighted by Crippen LogP contribution is 2.29. The third-order valence-corrected chi connectivity index (χ3v) is 3.63. The fraction of sp³-hybridized carbons (Fsp3) is 0.300. The Hall–Kier alpha value is -2.73. The number of amides is 2. The minimum absolute atomic E-state index is 0.361. The number of para-hydroxylation sites is 1. The molecule has 0 fully saturated rings. The van der Waals surface area contributed by atoms with E-state index in [2.05, 4.69) is 10.6 Å². The minimum Gasteiger partial charge on any atom is -0.456 e. The van der Waals surface area contributed by atoms with Crippen molar-refractivity contribution < 1.29 is 19.1 Å². The van der Waals surface area contributed by atoms with Crippen LogP contribution in [0.5, 0.6) is 11.5 Å². The fourth-order valence-corrected chi connectivity index (χ4v) is 2.24. The lowest BCUT2D eigenvalue weighted by Gasteiger charge is -2.21. The molecule has 0 heterocycles. The number of carbonyl (C=O) groups excluding carboxylic acids is 2. The lowest BCUT2D eigenvalue weighted by molar-refractivity contribution is -0.117. The van der Waals surface area contributed by atoms with E-state index in [0.717, 1.165) is 0 Å². The summed E-state index contributed by atoms with van der Waals surface area (Å²) in [5.41, 5.74) is -0.0538. The summed E-state index contributed by atoms with van der Waals surface area (Å²) in [5, 5.41) is 5.73. The summed E-state index contributed by atoms with van der Waals surface area (Å²) in [4.78, 5) is 23.9. The Morgan fingerprint density at radius 2 is 1.67 bits per heavy atom. The van der Waals surface area contributed by atoms with Crippen molar-refractivity contribution in [1.82, 2.24) is 5.32 Å². The van der Waals surface area contributed by atoms with Crippen LogP contribution in [0, 0.1) is 0 Å². The van der Waals surface area contributed by atoms with Gasteiger partial charge in [-0.15, -0.1) is 0 Å². The predicted octanol–water partition coefficient (Wildman–Crippen LogP) is 4.98. The van der Waals surface area contributed by atoms with Gasteiger partial charge in [0.15, 0.2) is 0 Å². The largest absolute Gasteiger partial charge is 0.456 e. The van der Waals surface area contributed by atoms with Gasteiger partial charge in [0.1, 0.15) is 23.1 Å². The molecule has 0 spiro atoms.